The molecule has 0 bridgehead atoms. The van der Waals surface area contributed by atoms with Gasteiger partial charge in [-0.25, -0.2) is 5.43 Å². The predicted molar refractivity (Wildman–Crippen MR) is 148 cm³/mol. The van der Waals surface area contributed by atoms with Crippen molar-refractivity contribution >= 4 is 17.5 Å². The molecular weight excluding hydrogens is 474 g/mol. The third-order valence-electron chi connectivity index (χ3n) is 6.92. The monoisotopic (exact) mass is 505 g/mol. The van der Waals surface area contributed by atoms with Gasteiger partial charge < -0.3 is 9.32 Å². The van der Waals surface area contributed by atoms with Crippen molar-refractivity contribution in [3.63, 3.8) is 0 Å². The second-order valence-corrected chi connectivity index (χ2v) is 9.65. The SMILES string of the molecule is Cc1ccccc1C(=O)N/N=C1\CCCc2oc(C(=O)N(Cc3ccccc3)Cc3ccccc3)c(C)c21. The summed E-state index contributed by atoms with van der Waals surface area (Å²) >= 11 is 0. The molecule has 38 heavy (non-hydrogen) atoms. The van der Waals surface area contributed by atoms with Gasteiger partial charge in [0.25, 0.3) is 11.8 Å². The van der Waals surface area contributed by atoms with Gasteiger partial charge in [-0.3, -0.25) is 9.59 Å². The van der Waals surface area contributed by atoms with Crippen LogP contribution in [0.3, 0.4) is 0 Å². The van der Waals surface area contributed by atoms with Crippen molar-refractivity contribution < 1.29 is 14.0 Å². The van der Waals surface area contributed by atoms with Gasteiger partial charge >= 0.3 is 0 Å². The first-order valence-corrected chi connectivity index (χ1v) is 12.9. The number of carbonyl (C=O) groups excluding carboxylic acids is 2. The molecule has 6 nitrogen and oxygen atoms in total. The third kappa shape index (κ3) is 5.44. The van der Waals surface area contributed by atoms with Crippen LogP contribution in [0.15, 0.2) is 94.4 Å². The molecule has 6 heteroatoms. The molecule has 1 aliphatic rings. The Bertz CT molecular complexity index is 1430. The Hall–Kier alpha value is -4.45. The average Bonchev–Trinajstić information content (AvgIpc) is 3.29. The summed E-state index contributed by atoms with van der Waals surface area (Å²) in [5.74, 6) is 0.673. The minimum absolute atomic E-state index is 0.159. The summed E-state index contributed by atoms with van der Waals surface area (Å²) in [6, 6.07) is 27.3. The van der Waals surface area contributed by atoms with E-state index in [2.05, 4.69) is 10.5 Å². The summed E-state index contributed by atoms with van der Waals surface area (Å²) in [4.78, 5) is 28.5. The molecule has 1 N–H and O–H groups in total. The molecule has 0 spiro atoms. The number of amides is 2. The fourth-order valence-corrected chi connectivity index (χ4v) is 4.94. The number of hydrazone groups is 1. The summed E-state index contributed by atoms with van der Waals surface area (Å²) < 4.78 is 6.21. The van der Waals surface area contributed by atoms with E-state index in [1.54, 1.807) is 6.07 Å². The number of fused-ring (bicyclic) bond motifs is 1. The predicted octanol–water partition coefficient (Wildman–Crippen LogP) is 6.21. The molecule has 0 radical (unpaired) electrons. The molecule has 1 heterocycles. The third-order valence-corrected chi connectivity index (χ3v) is 6.92. The second-order valence-electron chi connectivity index (χ2n) is 9.65. The number of hydrogen-bond acceptors (Lipinski definition) is 4. The quantitative estimate of drug-likeness (QED) is 0.304. The van der Waals surface area contributed by atoms with Crippen LogP contribution < -0.4 is 5.43 Å². The van der Waals surface area contributed by atoms with Crippen LogP contribution in [-0.4, -0.2) is 22.4 Å². The van der Waals surface area contributed by atoms with Crippen LogP contribution in [0.2, 0.25) is 0 Å². The number of carbonyl (C=O) groups is 2. The molecule has 3 aromatic carbocycles. The van der Waals surface area contributed by atoms with E-state index < -0.39 is 0 Å². The molecule has 5 rings (SSSR count). The maximum absolute atomic E-state index is 13.9. The highest BCUT2D eigenvalue weighted by molar-refractivity contribution is 6.07. The standard InChI is InChI=1S/C32H31N3O3/c1-22-12-9-10-17-26(22)31(36)34-33-27-18-11-19-28-29(27)23(2)30(38-28)32(37)35(20-24-13-5-3-6-14-24)21-25-15-7-4-8-16-25/h3-10,12-17H,11,18-21H2,1-2H3,(H,34,36)/b33-27+. The first kappa shape index (κ1) is 25.2. The number of nitrogens with zero attached hydrogens (tertiary/aromatic N) is 2. The van der Waals surface area contributed by atoms with Crippen molar-refractivity contribution in [1.29, 1.82) is 0 Å². The highest BCUT2D eigenvalue weighted by Crippen LogP contribution is 2.31. The van der Waals surface area contributed by atoms with Crippen molar-refractivity contribution in [2.75, 3.05) is 0 Å². The van der Waals surface area contributed by atoms with Crippen LogP contribution in [0.25, 0.3) is 0 Å². The van der Waals surface area contributed by atoms with E-state index in [9.17, 15) is 9.59 Å². The van der Waals surface area contributed by atoms with Gasteiger partial charge in [-0.2, -0.15) is 5.10 Å². The molecule has 0 saturated carbocycles. The number of benzene rings is 3. The zero-order valence-corrected chi connectivity index (χ0v) is 21.7. The lowest BCUT2D eigenvalue weighted by molar-refractivity contribution is 0.0694. The van der Waals surface area contributed by atoms with Crippen molar-refractivity contribution in [2.45, 2.75) is 46.2 Å². The van der Waals surface area contributed by atoms with E-state index in [0.717, 1.165) is 52.1 Å². The normalized spacial score (nSPS) is 13.7. The number of furan rings is 1. The van der Waals surface area contributed by atoms with E-state index in [1.807, 2.05) is 97.6 Å². The largest absolute Gasteiger partial charge is 0.455 e. The Balaban J connectivity index is 1.43. The minimum Gasteiger partial charge on any atom is -0.455 e. The molecule has 0 fully saturated rings. The number of nitrogens with one attached hydrogen (secondary N) is 1. The summed E-state index contributed by atoms with van der Waals surface area (Å²) in [6.07, 6.45) is 2.27. The molecule has 2 amide bonds. The highest BCUT2D eigenvalue weighted by atomic mass is 16.4. The number of rotatable bonds is 7. The van der Waals surface area contributed by atoms with Gasteiger partial charge in [0, 0.05) is 36.2 Å². The molecule has 1 aliphatic carbocycles. The van der Waals surface area contributed by atoms with Gasteiger partial charge in [0.2, 0.25) is 0 Å². The van der Waals surface area contributed by atoms with Crippen LogP contribution in [-0.2, 0) is 19.5 Å². The highest BCUT2D eigenvalue weighted by Gasteiger charge is 2.30. The fourth-order valence-electron chi connectivity index (χ4n) is 4.94. The lowest BCUT2D eigenvalue weighted by Gasteiger charge is -2.22. The Labute approximate surface area is 223 Å². The lowest BCUT2D eigenvalue weighted by Crippen LogP contribution is -2.30. The summed E-state index contributed by atoms with van der Waals surface area (Å²) in [5.41, 5.74) is 8.63. The van der Waals surface area contributed by atoms with Crippen LogP contribution in [0.5, 0.6) is 0 Å². The molecule has 0 saturated heterocycles. The van der Waals surface area contributed by atoms with E-state index in [-0.39, 0.29) is 11.8 Å². The van der Waals surface area contributed by atoms with Crippen LogP contribution in [0.4, 0.5) is 0 Å². The molecule has 192 valence electrons. The average molecular weight is 506 g/mol. The van der Waals surface area contributed by atoms with Gasteiger partial charge in [0.15, 0.2) is 5.76 Å². The van der Waals surface area contributed by atoms with E-state index in [1.165, 1.54) is 0 Å². The van der Waals surface area contributed by atoms with Crippen molar-refractivity contribution in [3.8, 4) is 0 Å². The van der Waals surface area contributed by atoms with Crippen molar-refractivity contribution in [3.05, 3.63) is 130 Å². The molecule has 1 aromatic heterocycles. The van der Waals surface area contributed by atoms with Gasteiger partial charge in [0.1, 0.15) is 5.76 Å². The van der Waals surface area contributed by atoms with Crippen molar-refractivity contribution in [1.82, 2.24) is 10.3 Å². The minimum atomic E-state index is -0.253. The molecular formula is C32H31N3O3. The smallest absolute Gasteiger partial charge is 0.290 e. The van der Waals surface area contributed by atoms with E-state index in [4.69, 9.17) is 4.42 Å². The van der Waals surface area contributed by atoms with Gasteiger partial charge in [-0.1, -0.05) is 78.9 Å². The zero-order valence-electron chi connectivity index (χ0n) is 21.7. The molecule has 0 aliphatic heterocycles. The number of aryl methyl sites for hydroxylation is 2. The maximum atomic E-state index is 13.9. The first-order valence-electron chi connectivity index (χ1n) is 12.9. The molecule has 4 aromatic rings. The number of hydrogen-bond donors (Lipinski definition) is 1. The molecule has 0 atom stereocenters. The fraction of sp³-hybridized carbons (Fsp3) is 0.219. The Morgan fingerprint density at radius 2 is 1.45 bits per heavy atom. The molecule has 0 unspecified atom stereocenters. The maximum Gasteiger partial charge on any atom is 0.290 e. The lowest BCUT2D eigenvalue weighted by atomic mass is 9.93. The zero-order chi connectivity index (χ0) is 26.5. The first-order chi connectivity index (χ1) is 18.5. The van der Waals surface area contributed by atoms with Crippen molar-refractivity contribution in [2.24, 2.45) is 5.10 Å². The summed E-state index contributed by atoms with van der Waals surface area (Å²) in [6.45, 7) is 4.73. The van der Waals surface area contributed by atoms with Crippen LogP contribution >= 0.6 is 0 Å². The summed E-state index contributed by atoms with van der Waals surface area (Å²) in [7, 11) is 0. The topological polar surface area (TPSA) is 74.9 Å². The van der Waals surface area contributed by atoms with Gasteiger partial charge in [-0.15, -0.1) is 0 Å². The summed E-state index contributed by atoms with van der Waals surface area (Å²) in [5, 5.41) is 4.49. The van der Waals surface area contributed by atoms with Crippen LogP contribution in [0.1, 0.15) is 67.3 Å². The Morgan fingerprint density at radius 1 is 0.842 bits per heavy atom. The second kappa shape index (κ2) is 11.3. The van der Waals surface area contributed by atoms with E-state index in [0.29, 0.717) is 30.8 Å². The van der Waals surface area contributed by atoms with Gasteiger partial charge in [0.05, 0.1) is 5.71 Å². The Morgan fingerprint density at radius 3 is 2.08 bits per heavy atom. The van der Waals surface area contributed by atoms with Gasteiger partial charge in [-0.05, 0) is 49.4 Å². The van der Waals surface area contributed by atoms with E-state index >= 15 is 0 Å². The van der Waals surface area contributed by atoms with Crippen LogP contribution in [0, 0.1) is 13.8 Å². The Kier molecular flexibility index (Phi) is 7.50.